The van der Waals surface area contributed by atoms with Crippen molar-refractivity contribution in [3.8, 4) is 0 Å². The summed E-state index contributed by atoms with van der Waals surface area (Å²) in [5.41, 5.74) is 0.694. The number of nitrogens with zero attached hydrogens (tertiary/aromatic N) is 2. The quantitative estimate of drug-likeness (QED) is 0.486. The highest BCUT2D eigenvalue weighted by molar-refractivity contribution is 7.92. The third-order valence-electron chi connectivity index (χ3n) is 3.11. The third kappa shape index (κ3) is 6.11. The summed E-state index contributed by atoms with van der Waals surface area (Å²) in [6.45, 7) is 2.89. The average molecular weight is 400 g/mol. The van der Waals surface area contributed by atoms with Crippen LogP contribution in [0, 0.1) is 0 Å². The van der Waals surface area contributed by atoms with Gasteiger partial charge in [0.1, 0.15) is 0 Å². The van der Waals surface area contributed by atoms with E-state index in [1.165, 1.54) is 24.3 Å². The summed E-state index contributed by atoms with van der Waals surface area (Å²) in [7, 11) is -3.76. The van der Waals surface area contributed by atoms with E-state index < -0.39 is 10.0 Å². The molecule has 2 aromatic rings. The molecular weight excluding hydrogens is 382 g/mol. The van der Waals surface area contributed by atoms with Crippen molar-refractivity contribution in [1.82, 2.24) is 15.5 Å². The molecule has 0 spiro atoms. The number of nitrogens with one attached hydrogen (secondary N) is 3. The van der Waals surface area contributed by atoms with Crippen molar-refractivity contribution in [3.05, 3.63) is 41.6 Å². The van der Waals surface area contributed by atoms with E-state index in [2.05, 4.69) is 32.5 Å². The van der Waals surface area contributed by atoms with Crippen molar-refractivity contribution in [3.63, 3.8) is 0 Å². The molecule has 7 nitrogen and oxygen atoms in total. The molecule has 0 fully saturated rings. The van der Waals surface area contributed by atoms with Gasteiger partial charge in [0.05, 0.1) is 4.90 Å². The molecule has 0 radical (unpaired) electrons. The molecule has 0 unspecified atom stereocenters. The van der Waals surface area contributed by atoms with Gasteiger partial charge in [-0.25, -0.2) is 8.42 Å². The van der Waals surface area contributed by atoms with Crippen molar-refractivity contribution < 1.29 is 8.42 Å². The highest BCUT2D eigenvalue weighted by Gasteiger charge is 2.15. The molecule has 0 bridgehead atoms. The smallest absolute Gasteiger partial charge is 0.263 e. The number of rotatable bonds is 7. The molecule has 0 aliphatic carbocycles. The predicted octanol–water partition coefficient (Wildman–Crippen LogP) is 3.02. The molecule has 0 aliphatic rings. The van der Waals surface area contributed by atoms with Crippen LogP contribution in [-0.2, 0) is 10.0 Å². The van der Waals surface area contributed by atoms with E-state index in [1.54, 1.807) is 12.1 Å². The Morgan fingerprint density at radius 1 is 1.16 bits per heavy atom. The Morgan fingerprint density at radius 2 is 1.88 bits per heavy atom. The van der Waals surface area contributed by atoms with Gasteiger partial charge >= 0.3 is 0 Å². The molecule has 0 saturated heterocycles. The third-order valence-corrected chi connectivity index (χ3v) is 4.93. The number of hydrogen-bond acceptors (Lipinski definition) is 5. The molecule has 3 N–H and O–H groups in total. The Morgan fingerprint density at radius 3 is 2.48 bits per heavy atom. The number of unbranched alkanes of at least 4 members (excludes halogenated alkanes) is 1. The Hall–Kier alpha value is -1.97. The van der Waals surface area contributed by atoms with E-state index >= 15 is 0 Å². The van der Waals surface area contributed by atoms with Crippen molar-refractivity contribution in [2.24, 2.45) is 0 Å². The molecule has 0 amide bonds. The Bertz CT molecular complexity index is 811. The van der Waals surface area contributed by atoms with Gasteiger partial charge in [0.2, 0.25) is 0 Å². The molecule has 1 heterocycles. The van der Waals surface area contributed by atoms with E-state index in [0.717, 1.165) is 19.4 Å². The number of benzene rings is 1. The fraction of sp³-hybridized carbons (Fsp3) is 0.267. The van der Waals surface area contributed by atoms with Crippen LogP contribution in [0.1, 0.15) is 19.8 Å². The van der Waals surface area contributed by atoms with Gasteiger partial charge < -0.3 is 10.6 Å². The van der Waals surface area contributed by atoms with E-state index in [9.17, 15) is 8.42 Å². The summed E-state index contributed by atoms with van der Waals surface area (Å²) in [6, 6.07) is 9.10. The molecule has 10 heteroatoms. The van der Waals surface area contributed by atoms with Crippen molar-refractivity contribution >= 4 is 50.5 Å². The minimum Gasteiger partial charge on any atom is -0.362 e. The lowest BCUT2D eigenvalue weighted by Gasteiger charge is -2.11. The van der Waals surface area contributed by atoms with Crippen LogP contribution in [0.25, 0.3) is 0 Å². The van der Waals surface area contributed by atoms with Gasteiger partial charge in [-0.1, -0.05) is 24.9 Å². The minimum atomic E-state index is -3.76. The number of thiocarbonyl (C=S) groups is 1. The normalized spacial score (nSPS) is 11.0. The summed E-state index contributed by atoms with van der Waals surface area (Å²) < 4.78 is 27.0. The number of aromatic nitrogens is 2. The maximum Gasteiger partial charge on any atom is 0.263 e. The Kier molecular flexibility index (Phi) is 6.91. The molecule has 1 aromatic heterocycles. The van der Waals surface area contributed by atoms with Crippen LogP contribution in [0.2, 0.25) is 5.15 Å². The Labute approximate surface area is 157 Å². The lowest BCUT2D eigenvalue weighted by atomic mass is 10.3. The summed E-state index contributed by atoms with van der Waals surface area (Å²) in [5.74, 6) is 0.0907. The molecule has 0 atom stereocenters. The highest BCUT2D eigenvalue weighted by Crippen LogP contribution is 2.17. The Balaban J connectivity index is 2.00. The van der Waals surface area contributed by atoms with E-state index in [1.807, 2.05) is 0 Å². The second-order valence-corrected chi connectivity index (χ2v) is 7.58. The van der Waals surface area contributed by atoms with Gasteiger partial charge in [-0.15, -0.1) is 10.2 Å². The first-order chi connectivity index (χ1) is 11.9. The average Bonchev–Trinajstić information content (AvgIpc) is 2.57. The van der Waals surface area contributed by atoms with Gasteiger partial charge in [0.25, 0.3) is 10.0 Å². The standard InChI is InChI=1S/C15H18ClN5O2S2/c1-2-3-10-17-15(24)18-11-4-6-12(7-5-11)25(22,23)21-14-9-8-13(16)19-20-14/h4-9H,2-3,10H2,1H3,(H,20,21)(H2,17,18,24). The molecule has 25 heavy (non-hydrogen) atoms. The lowest BCUT2D eigenvalue weighted by molar-refractivity contribution is 0.601. The number of halogens is 1. The monoisotopic (exact) mass is 399 g/mol. The van der Waals surface area contributed by atoms with Crippen molar-refractivity contribution in [2.45, 2.75) is 24.7 Å². The van der Waals surface area contributed by atoms with Crippen LogP contribution in [-0.4, -0.2) is 30.3 Å². The van der Waals surface area contributed by atoms with Crippen LogP contribution >= 0.6 is 23.8 Å². The zero-order valence-corrected chi connectivity index (χ0v) is 15.9. The van der Waals surface area contributed by atoms with E-state index in [-0.39, 0.29) is 15.9 Å². The van der Waals surface area contributed by atoms with Crippen molar-refractivity contribution in [1.29, 1.82) is 0 Å². The summed E-state index contributed by atoms with van der Waals surface area (Å²) >= 11 is 10.8. The summed E-state index contributed by atoms with van der Waals surface area (Å²) in [4.78, 5) is 0.0969. The SMILES string of the molecule is CCCCNC(=S)Nc1ccc(S(=O)(=O)Nc2ccc(Cl)nn2)cc1. The maximum atomic E-state index is 12.3. The molecule has 0 aliphatic heterocycles. The number of anilines is 2. The minimum absolute atomic E-state index is 0.0907. The van der Waals surface area contributed by atoms with E-state index in [4.69, 9.17) is 23.8 Å². The second kappa shape index (κ2) is 8.93. The van der Waals surface area contributed by atoms with Crippen LogP contribution in [0.4, 0.5) is 11.5 Å². The number of hydrogen-bond donors (Lipinski definition) is 3. The topological polar surface area (TPSA) is 96.0 Å². The molecule has 1 aromatic carbocycles. The first kappa shape index (κ1) is 19.4. The summed E-state index contributed by atoms with van der Waals surface area (Å²) in [6.07, 6.45) is 2.10. The van der Waals surface area contributed by atoms with Crippen LogP contribution in [0.5, 0.6) is 0 Å². The second-order valence-electron chi connectivity index (χ2n) is 5.11. The van der Waals surface area contributed by atoms with Gasteiger partial charge in [-0.2, -0.15) is 0 Å². The van der Waals surface area contributed by atoms with Gasteiger partial charge in [0.15, 0.2) is 16.1 Å². The fourth-order valence-electron chi connectivity index (χ4n) is 1.84. The summed E-state index contributed by atoms with van der Waals surface area (Å²) in [5, 5.41) is 14.0. The van der Waals surface area contributed by atoms with Crippen LogP contribution < -0.4 is 15.4 Å². The van der Waals surface area contributed by atoms with Gasteiger partial charge in [-0.05, 0) is 55.0 Å². The molecular formula is C15H18ClN5O2S2. The molecule has 0 saturated carbocycles. The zero-order chi connectivity index (χ0) is 18.3. The first-order valence-electron chi connectivity index (χ1n) is 7.57. The fourth-order valence-corrected chi connectivity index (χ4v) is 3.16. The van der Waals surface area contributed by atoms with Crippen molar-refractivity contribution in [2.75, 3.05) is 16.6 Å². The largest absolute Gasteiger partial charge is 0.362 e. The van der Waals surface area contributed by atoms with Gasteiger partial charge in [0, 0.05) is 12.2 Å². The molecule has 2 rings (SSSR count). The van der Waals surface area contributed by atoms with Gasteiger partial charge in [-0.3, -0.25) is 4.72 Å². The predicted molar refractivity (Wildman–Crippen MR) is 103 cm³/mol. The van der Waals surface area contributed by atoms with Crippen LogP contribution in [0.15, 0.2) is 41.3 Å². The van der Waals surface area contributed by atoms with Crippen LogP contribution in [0.3, 0.4) is 0 Å². The maximum absolute atomic E-state index is 12.3. The first-order valence-corrected chi connectivity index (χ1v) is 9.84. The number of sulfonamides is 1. The van der Waals surface area contributed by atoms with E-state index in [0.29, 0.717) is 10.8 Å². The lowest BCUT2D eigenvalue weighted by Crippen LogP contribution is -2.29. The molecule has 134 valence electrons. The highest BCUT2D eigenvalue weighted by atomic mass is 35.5. The zero-order valence-electron chi connectivity index (χ0n) is 13.5.